The standard InChI is InChI=1S/C21H33ClN4O2.HI/c1-4-23-20(25-10-9-18(27)14-25)24-13-19(16-5-7-17(22)8-6-16)26-11-12-28-21(2,3)15-26;/h5-8,18-19,27H,4,9-15H2,1-3H3,(H,23,24);1H/t18-,19?;/m1./s1. The van der Waals surface area contributed by atoms with Crippen LogP contribution in [0.4, 0.5) is 0 Å². The summed E-state index contributed by atoms with van der Waals surface area (Å²) in [5.41, 5.74) is 1.04. The highest BCUT2D eigenvalue weighted by Gasteiger charge is 2.32. The topological polar surface area (TPSA) is 60.3 Å². The zero-order chi connectivity index (χ0) is 20.1. The fourth-order valence-electron chi connectivity index (χ4n) is 3.97. The lowest BCUT2D eigenvalue weighted by atomic mass is 10.0. The molecule has 0 radical (unpaired) electrons. The number of benzene rings is 1. The number of nitrogens with zero attached hydrogens (tertiary/aromatic N) is 3. The number of aliphatic hydroxyl groups excluding tert-OH is 1. The summed E-state index contributed by atoms with van der Waals surface area (Å²) in [6.45, 7) is 11.7. The number of β-amino-alcohol motifs (C(OH)–C–C–N with tert-alkyl or cyclic N) is 1. The molecule has 2 fully saturated rings. The minimum absolute atomic E-state index is 0. The van der Waals surface area contributed by atoms with Crippen LogP contribution in [0.3, 0.4) is 0 Å². The number of halogens is 2. The van der Waals surface area contributed by atoms with Crippen molar-refractivity contribution in [1.29, 1.82) is 0 Å². The van der Waals surface area contributed by atoms with Gasteiger partial charge in [0.2, 0.25) is 0 Å². The Morgan fingerprint density at radius 3 is 2.66 bits per heavy atom. The van der Waals surface area contributed by atoms with Crippen LogP contribution >= 0.6 is 35.6 Å². The van der Waals surface area contributed by atoms with Crippen molar-refractivity contribution in [3.63, 3.8) is 0 Å². The Labute approximate surface area is 196 Å². The molecule has 2 N–H and O–H groups in total. The number of guanidine groups is 1. The maximum atomic E-state index is 9.90. The molecular formula is C21H34ClIN4O2. The molecule has 1 aromatic carbocycles. The summed E-state index contributed by atoms with van der Waals surface area (Å²) in [6, 6.07) is 8.24. The van der Waals surface area contributed by atoms with Crippen LogP contribution in [0.15, 0.2) is 29.3 Å². The van der Waals surface area contributed by atoms with Gasteiger partial charge in [-0.2, -0.15) is 0 Å². The smallest absolute Gasteiger partial charge is 0.194 e. The van der Waals surface area contributed by atoms with Crippen molar-refractivity contribution in [2.24, 2.45) is 4.99 Å². The third-order valence-corrected chi connectivity index (χ3v) is 5.61. The van der Waals surface area contributed by atoms with E-state index in [0.29, 0.717) is 13.1 Å². The molecule has 0 aromatic heterocycles. The van der Waals surface area contributed by atoms with Crippen LogP contribution in [-0.2, 0) is 4.74 Å². The molecule has 1 aromatic rings. The minimum atomic E-state index is -0.268. The van der Waals surface area contributed by atoms with Gasteiger partial charge < -0.3 is 20.1 Å². The summed E-state index contributed by atoms with van der Waals surface area (Å²) in [5, 5.41) is 14.0. The number of ether oxygens (including phenoxy) is 1. The van der Waals surface area contributed by atoms with E-state index in [4.69, 9.17) is 21.3 Å². The first-order valence-corrected chi connectivity index (χ1v) is 10.6. The molecule has 3 rings (SSSR count). The number of aliphatic imine (C=N–C) groups is 1. The lowest BCUT2D eigenvalue weighted by Crippen LogP contribution is -2.50. The third kappa shape index (κ3) is 6.95. The summed E-state index contributed by atoms with van der Waals surface area (Å²) in [6.07, 6.45) is 0.527. The zero-order valence-corrected chi connectivity index (χ0v) is 20.7. The van der Waals surface area contributed by atoms with Gasteiger partial charge >= 0.3 is 0 Å². The van der Waals surface area contributed by atoms with E-state index >= 15 is 0 Å². The van der Waals surface area contributed by atoms with Gasteiger partial charge in [-0.15, -0.1) is 24.0 Å². The molecule has 0 amide bonds. The van der Waals surface area contributed by atoms with E-state index in [1.807, 2.05) is 12.1 Å². The Kier molecular flexibility index (Phi) is 9.47. The van der Waals surface area contributed by atoms with Gasteiger partial charge in [-0.25, -0.2) is 0 Å². The summed E-state index contributed by atoms with van der Waals surface area (Å²) >= 11 is 6.11. The molecule has 8 heteroatoms. The van der Waals surface area contributed by atoms with Crippen molar-refractivity contribution in [3.8, 4) is 0 Å². The lowest BCUT2D eigenvalue weighted by Gasteiger charge is -2.42. The molecule has 29 heavy (non-hydrogen) atoms. The number of nitrogens with one attached hydrogen (secondary N) is 1. The normalized spacial score (nSPS) is 23.6. The van der Waals surface area contributed by atoms with Gasteiger partial charge in [0.15, 0.2) is 5.96 Å². The van der Waals surface area contributed by atoms with Gasteiger partial charge in [0, 0.05) is 37.7 Å². The molecule has 6 nitrogen and oxygen atoms in total. The average Bonchev–Trinajstić information content (AvgIpc) is 3.08. The van der Waals surface area contributed by atoms with Crippen LogP contribution in [0.2, 0.25) is 5.02 Å². The fraction of sp³-hybridized carbons (Fsp3) is 0.667. The van der Waals surface area contributed by atoms with Gasteiger partial charge in [0.05, 0.1) is 30.9 Å². The van der Waals surface area contributed by atoms with Gasteiger partial charge in [-0.05, 0) is 44.9 Å². The predicted molar refractivity (Wildman–Crippen MR) is 129 cm³/mol. The van der Waals surface area contributed by atoms with Crippen molar-refractivity contribution in [2.75, 3.05) is 45.9 Å². The van der Waals surface area contributed by atoms with Crippen molar-refractivity contribution < 1.29 is 9.84 Å². The number of likely N-dealkylation sites (tertiary alicyclic amines) is 1. The van der Waals surface area contributed by atoms with E-state index in [0.717, 1.165) is 50.2 Å². The molecular weight excluding hydrogens is 503 g/mol. The highest BCUT2D eigenvalue weighted by molar-refractivity contribution is 14.0. The van der Waals surface area contributed by atoms with E-state index < -0.39 is 0 Å². The van der Waals surface area contributed by atoms with E-state index in [1.54, 1.807) is 0 Å². The van der Waals surface area contributed by atoms with Crippen LogP contribution in [0.5, 0.6) is 0 Å². The monoisotopic (exact) mass is 536 g/mol. The van der Waals surface area contributed by atoms with Crippen molar-refractivity contribution in [1.82, 2.24) is 15.1 Å². The minimum Gasteiger partial charge on any atom is -0.391 e. The second-order valence-corrected chi connectivity index (χ2v) is 8.67. The molecule has 2 heterocycles. The number of morpholine rings is 1. The first kappa shape index (κ1) is 24.7. The van der Waals surface area contributed by atoms with E-state index in [9.17, 15) is 5.11 Å². The molecule has 0 saturated carbocycles. The van der Waals surface area contributed by atoms with Gasteiger partial charge in [0.1, 0.15) is 0 Å². The van der Waals surface area contributed by atoms with Crippen molar-refractivity contribution in [3.05, 3.63) is 34.9 Å². The van der Waals surface area contributed by atoms with E-state index in [2.05, 4.69) is 48.0 Å². The molecule has 0 bridgehead atoms. The molecule has 164 valence electrons. The number of rotatable bonds is 5. The lowest BCUT2D eigenvalue weighted by molar-refractivity contribution is -0.0967. The number of aliphatic hydroxyl groups is 1. The zero-order valence-electron chi connectivity index (χ0n) is 17.6. The predicted octanol–water partition coefficient (Wildman–Crippen LogP) is 3.14. The SMILES string of the molecule is CCNC(=NCC(c1ccc(Cl)cc1)N1CCOC(C)(C)C1)N1CC[C@@H](O)C1.I. The maximum Gasteiger partial charge on any atom is 0.194 e. The molecule has 0 spiro atoms. The van der Waals surface area contributed by atoms with Crippen LogP contribution in [0, 0.1) is 0 Å². The first-order chi connectivity index (χ1) is 13.4. The van der Waals surface area contributed by atoms with Crippen molar-refractivity contribution >= 4 is 41.5 Å². The highest BCUT2D eigenvalue weighted by atomic mass is 127. The second-order valence-electron chi connectivity index (χ2n) is 8.23. The quantitative estimate of drug-likeness (QED) is 0.344. The summed E-state index contributed by atoms with van der Waals surface area (Å²) in [7, 11) is 0. The van der Waals surface area contributed by atoms with Gasteiger partial charge in [-0.1, -0.05) is 23.7 Å². The molecule has 0 aliphatic carbocycles. The summed E-state index contributed by atoms with van der Waals surface area (Å²) in [5.74, 6) is 0.880. The van der Waals surface area contributed by atoms with Gasteiger partial charge in [-0.3, -0.25) is 9.89 Å². The van der Waals surface area contributed by atoms with Crippen LogP contribution in [-0.4, -0.2) is 78.4 Å². The van der Waals surface area contributed by atoms with Crippen LogP contribution in [0.1, 0.15) is 38.8 Å². The number of hydrogen-bond acceptors (Lipinski definition) is 4. The molecule has 1 unspecified atom stereocenters. The average molecular weight is 537 g/mol. The highest BCUT2D eigenvalue weighted by Crippen LogP contribution is 2.28. The van der Waals surface area contributed by atoms with Crippen LogP contribution < -0.4 is 5.32 Å². The Morgan fingerprint density at radius 1 is 1.34 bits per heavy atom. The second kappa shape index (κ2) is 11.1. The largest absolute Gasteiger partial charge is 0.391 e. The Morgan fingerprint density at radius 2 is 2.07 bits per heavy atom. The molecule has 2 aliphatic rings. The number of hydrogen-bond donors (Lipinski definition) is 2. The maximum absolute atomic E-state index is 9.90. The Hall–Kier alpha value is -0.610. The van der Waals surface area contributed by atoms with Gasteiger partial charge in [0.25, 0.3) is 0 Å². The molecule has 2 saturated heterocycles. The third-order valence-electron chi connectivity index (χ3n) is 5.36. The summed E-state index contributed by atoms with van der Waals surface area (Å²) < 4.78 is 5.91. The first-order valence-electron chi connectivity index (χ1n) is 10.2. The molecule has 2 aliphatic heterocycles. The summed E-state index contributed by atoms with van der Waals surface area (Å²) in [4.78, 5) is 9.56. The van der Waals surface area contributed by atoms with Crippen LogP contribution in [0.25, 0.3) is 0 Å². The Bertz CT molecular complexity index is 671. The molecule has 2 atom stereocenters. The Balaban J connectivity index is 0.00000300. The fourth-order valence-corrected chi connectivity index (χ4v) is 4.09. The van der Waals surface area contributed by atoms with E-state index in [1.165, 1.54) is 5.56 Å². The van der Waals surface area contributed by atoms with Crippen molar-refractivity contribution in [2.45, 2.75) is 44.9 Å². The van der Waals surface area contributed by atoms with E-state index in [-0.39, 0.29) is 41.7 Å².